The summed E-state index contributed by atoms with van der Waals surface area (Å²) in [5, 5.41) is 27.1. The summed E-state index contributed by atoms with van der Waals surface area (Å²) in [6.07, 6.45) is 2.08. The zero-order valence-corrected chi connectivity index (χ0v) is 38.1. The third-order valence-corrected chi connectivity index (χ3v) is 10.1. The predicted octanol–water partition coefficient (Wildman–Crippen LogP) is 10.7. The van der Waals surface area contributed by atoms with E-state index in [0.29, 0.717) is 44.8 Å². The van der Waals surface area contributed by atoms with Gasteiger partial charge < -0.3 is 31.0 Å². The van der Waals surface area contributed by atoms with Crippen LogP contribution in [-0.4, -0.2) is 33.3 Å². The van der Waals surface area contributed by atoms with E-state index < -0.39 is 38.4 Å². The van der Waals surface area contributed by atoms with E-state index in [1.54, 1.807) is 118 Å². The summed E-state index contributed by atoms with van der Waals surface area (Å²) in [6, 6.07) is 28.7. The van der Waals surface area contributed by atoms with Gasteiger partial charge in [-0.15, -0.1) is 0 Å². The number of nitrogens with zero attached hydrogens (tertiary/aromatic N) is 5. The first-order valence-electron chi connectivity index (χ1n) is 21.2. The molecule has 1 amide bonds. The van der Waals surface area contributed by atoms with Gasteiger partial charge in [-0.25, -0.2) is 27.2 Å². The number of rotatable bonds is 18. The van der Waals surface area contributed by atoms with Gasteiger partial charge >= 0.3 is 6.09 Å². The van der Waals surface area contributed by atoms with E-state index in [9.17, 15) is 22.4 Å². The number of amides is 1. The SMILES string of the molecule is N=C(N)c1ccc(COc2c(CF)ncc(CNc3ccc(C(=N)N)cc3)c2CF)cc1.[C-]#[N+]c1ccc(COc2c(CF)ncc(CN(C(=O)OC(C)(C)C)c3ccc(C#N)cc3)c2CF)cc1. The fourth-order valence-corrected chi connectivity index (χ4v) is 6.53. The third kappa shape index (κ3) is 14.2. The number of hydrogen-bond acceptors (Lipinski definition) is 10. The number of amidine groups is 2. The molecule has 6 aromatic rings. The van der Waals surface area contributed by atoms with E-state index in [4.69, 9.17) is 48.3 Å². The zero-order valence-electron chi connectivity index (χ0n) is 38.1. The van der Waals surface area contributed by atoms with E-state index in [1.807, 2.05) is 6.07 Å². The minimum Gasteiger partial charge on any atom is -0.486 e. The minimum atomic E-state index is -0.980. The highest BCUT2D eigenvalue weighted by Crippen LogP contribution is 2.32. The van der Waals surface area contributed by atoms with Gasteiger partial charge in [-0.05, 0) is 91.6 Å². The highest BCUT2D eigenvalue weighted by atomic mass is 19.1. The van der Waals surface area contributed by atoms with Crippen LogP contribution in [0.15, 0.2) is 109 Å². The number of halogens is 4. The second kappa shape index (κ2) is 24.3. The molecule has 0 fully saturated rings. The molecule has 2 heterocycles. The Morgan fingerprint density at radius 2 is 1.22 bits per heavy atom. The summed E-state index contributed by atoms with van der Waals surface area (Å²) < 4.78 is 72.8. The highest BCUT2D eigenvalue weighted by Gasteiger charge is 2.27. The number of nitriles is 1. The van der Waals surface area contributed by atoms with Crippen molar-refractivity contribution in [2.75, 3.05) is 10.2 Å². The molecule has 0 unspecified atom stereocenters. The van der Waals surface area contributed by atoms with E-state index in [0.717, 1.165) is 11.3 Å². The van der Waals surface area contributed by atoms with Gasteiger partial charge in [-0.3, -0.25) is 25.7 Å². The maximum atomic E-state index is 14.4. The molecule has 2 aromatic heterocycles. The monoisotopic (exact) mass is 942 g/mol. The normalized spacial score (nSPS) is 10.7. The molecular formula is C51H50F4N10O4. The Morgan fingerprint density at radius 3 is 1.67 bits per heavy atom. The van der Waals surface area contributed by atoms with Crippen LogP contribution in [0.5, 0.6) is 11.5 Å². The maximum Gasteiger partial charge on any atom is 0.415 e. The van der Waals surface area contributed by atoms with Crippen LogP contribution in [0.25, 0.3) is 4.85 Å². The Kier molecular flexibility index (Phi) is 18.1. The minimum absolute atomic E-state index is 0.00875. The largest absolute Gasteiger partial charge is 0.486 e. The van der Waals surface area contributed by atoms with Crippen LogP contribution < -0.4 is 31.2 Å². The molecule has 0 saturated carbocycles. The van der Waals surface area contributed by atoms with Crippen LogP contribution in [-0.2, 0) is 57.7 Å². The van der Waals surface area contributed by atoms with Gasteiger partial charge in [0, 0.05) is 52.6 Å². The predicted molar refractivity (Wildman–Crippen MR) is 255 cm³/mol. The lowest BCUT2D eigenvalue weighted by Crippen LogP contribution is -2.36. The molecule has 0 aliphatic rings. The van der Waals surface area contributed by atoms with E-state index in [2.05, 4.69) is 20.1 Å². The number of aromatic nitrogens is 2. The van der Waals surface area contributed by atoms with Gasteiger partial charge in [-0.2, -0.15) is 5.26 Å². The van der Waals surface area contributed by atoms with Crippen molar-refractivity contribution in [3.8, 4) is 17.6 Å². The Balaban J connectivity index is 0.000000260. The van der Waals surface area contributed by atoms with Crippen molar-refractivity contribution >= 4 is 34.8 Å². The molecule has 18 heteroatoms. The molecule has 4 aromatic carbocycles. The first-order valence-corrected chi connectivity index (χ1v) is 21.2. The first kappa shape index (κ1) is 51.5. The fourth-order valence-electron chi connectivity index (χ4n) is 6.53. The summed E-state index contributed by atoms with van der Waals surface area (Å²) in [6.45, 7) is 8.77. The molecule has 0 bridgehead atoms. The van der Waals surface area contributed by atoms with Crippen molar-refractivity contribution in [1.29, 1.82) is 16.1 Å². The van der Waals surface area contributed by atoms with Gasteiger partial charge in [0.05, 0.1) is 24.7 Å². The van der Waals surface area contributed by atoms with E-state index >= 15 is 0 Å². The van der Waals surface area contributed by atoms with Crippen molar-refractivity contribution in [3.05, 3.63) is 182 Å². The number of nitrogens with two attached hydrogens (primary N) is 2. The van der Waals surface area contributed by atoms with Gasteiger partial charge in [0.2, 0.25) is 0 Å². The molecule has 0 aliphatic heterocycles. The number of carbonyl (C=O) groups excluding carboxylic acids is 1. The standard InChI is InChI=1S/C28H26F2N4O3.C23H24F2N6O/c1-28(2,3)37-27(35)34(23-11-7-19(15-31)8-12-23)17-21-16-33-25(14-30)26(24(21)13-29)36-18-20-5-9-22(32-4)10-6-20;24-9-19-17(11-30-18-7-5-16(6-8-18)23(28)29)12-31-20(10-25)21(19)32-13-14-1-3-15(4-2-14)22(26)27/h5-12,16H,13-14,17-18H2,1-3H3;1-8,12,30H,9-11,13H2,(H3,26,27)(H3,28,29). The van der Waals surface area contributed by atoms with Gasteiger partial charge in [-0.1, -0.05) is 48.5 Å². The molecular weight excluding hydrogens is 893 g/mol. The maximum absolute atomic E-state index is 14.4. The Morgan fingerprint density at radius 1 is 0.739 bits per heavy atom. The Bertz CT molecular complexity index is 2810. The summed E-state index contributed by atoms with van der Waals surface area (Å²) in [5.41, 5.74) is 16.0. The van der Waals surface area contributed by atoms with Crippen molar-refractivity contribution in [2.24, 2.45) is 11.5 Å². The molecule has 0 aliphatic carbocycles. The summed E-state index contributed by atoms with van der Waals surface area (Å²) in [5.74, 6) is -0.00479. The van der Waals surface area contributed by atoms with Crippen molar-refractivity contribution in [2.45, 2.75) is 79.4 Å². The van der Waals surface area contributed by atoms with Gasteiger partial charge in [0.1, 0.15) is 80.1 Å². The zero-order chi connectivity index (χ0) is 50.1. The van der Waals surface area contributed by atoms with Crippen molar-refractivity contribution in [1.82, 2.24) is 9.97 Å². The number of nitrogens with one attached hydrogen (secondary N) is 3. The Labute approximate surface area is 397 Å². The Hall–Kier alpha value is -8.51. The smallest absolute Gasteiger partial charge is 0.415 e. The molecule has 7 N–H and O–H groups in total. The quantitative estimate of drug-likeness (QED) is 0.0238. The van der Waals surface area contributed by atoms with Crippen LogP contribution in [0.2, 0.25) is 0 Å². The number of anilines is 2. The van der Waals surface area contributed by atoms with E-state index in [-0.39, 0.29) is 72.0 Å². The molecule has 0 spiro atoms. The van der Waals surface area contributed by atoms with Crippen LogP contribution in [0, 0.1) is 28.7 Å². The summed E-state index contributed by atoms with van der Waals surface area (Å²) in [4.78, 5) is 26.0. The lowest BCUT2D eigenvalue weighted by Gasteiger charge is -2.28. The average Bonchev–Trinajstić information content (AvgIpc) is 3.35. The van der Waals surface area contributed by atoms with Gasteiger partial charge in [0.25, 0.3) is 0 Å². The number of pyridine rings is 2. The van der Waals surface area contributed by atoms with Crippen molar-refractivity contribution in [3.63, 3.8) is 0 Å². The molecule has 0 saturated heterocycles. The topological polar surface area (TPSA) is 214 Å². The molecule has 0 atom stereocenters. The average molecular weight is 943 g/mol. The highest BCUT2D eigenvalue weighted by molar-refractivity contribution is 5.95. The van der Waals surface area contributed by atoms with E-state index in [1.165, 1.54) is 17.3 Å². The van der Waals surface area contributed by atoms with Crippen LogP contribution in [0.1, 0.15) is 82.2 Å². The summed E-state index contributed by atoms with van der Waals surface area (Å²) in [7, 11) is 0. The lowest BCUT2D eigenvalue weighted by atomic mass is 10.1. The number of carbonyl (C=O) groups is 1. The second-order valence-corrected chi connectivity index (χ2v) is 16.1. The number of nitrogen functional groups attached to an aromatic ring is 2. The van der Waals surface area contributed by atoms with Crippen LogP contribution in [0.4, 0.5) is 39.4 Å². The van der Waals surface area contributed by atoms with Crippen LogP contribution in [0.3, 0.4) is 0 Å². The van der Waals surface area contributed by atoms with Gasteiger partial charge in [0.15, 0.2) is 5.69 Å². The lowest BCUT2D eigenvalue weighted by molar-refractivity contribution is 0.0577. The number of alkyl halides is 4. The number of ether oxygens (including phenoxy) is 3. The third-order valence-electron chi connectivity index (χ3n) is 10.1. The molecule has 69 heavy (non-hydrogen) atoms. The fraction of sp³-hybridized carbons (Fsp3) is 0.235. The molecule has 6 rings (SSSR count). The first-order chi connectivity index (χ1) is 33.1. The summed E-state index contributed by atoms with van der Waals surface area (Å²) >= 11 is 0. The molecule has 14 nitrogen and oxygen atoms in total. The number of benzene rings is 4. The van der Waals surface area contributed by atoms with Crippen molar-refractivity contribution < 1.29 is 36.6 Å². The molecule has 0 radical (unpaired) electrons. The second-order valence-electron chi connectivity index (χ2n) is 16.1. The molecule has 356 valence electrons. The van der Waals surface area contributed by atoms with Crippen LogP contribution >= 0.6 is 0 Å². The number of hydrogen-bond donors (Lipinski definition) is 5.